The Bertz CT molecular complexity index is 1090. The molecule has 1 N–H and O–H groups in total. The van der Waals surface area contributed by atoms with Gasteiger partial charge in [-0.2, -0.15) is 0 Å². The zero-order valence-electron chi connectivity index (χ0n) is 20.7. The van der Waals surface area contributed by atoms with Crippen molar-refractivity contribution in [2.24, 2.45) is 0 Å². The van der Waals surface area contributed by atoms with Crippen LogP contribution in [0.25, 0.3) is 5.76 Å². The van der Waals surface area contributed by atoms with Crippen molar-refractivity contribution in [2.75, 3.05) is 6.54 Å². The lowest BCUT2D eigenvalue weighted by atomic mass is 9.84. The van der Waals surface area contributed by atoms with Gasteiger partial charge in [-0.15, -0.1) is 0 Å². The van der Waals surface area contributed by atoms with Gasteiger partial charge in [-0.25, -0.2) is 0 Å². The van der Waals surface area contributed by atoms with E-state index in [0.717, 1.165) is 16.7 Å². The van der Waals surface area contributed by atoms with E-state index in [-0.39, 0.29) is 22.9 Å². The third kappa shape index (κ3) is 4.97. The Hall–Kier alpha value is -3.08. The maximum Gasteiger partial charge on any atom is 0.295 e. The van der Waals surface area contributed by atoms with Crippen LogP contribution in [0.3, 0.4) is 0 Å². The normalized spacial score (nSPS) is 18.3. The van der Waals surface area contributed by atoms with Crippen molar-refractivity contribution >= 4 is 17.4 Å². The molecular formula is C28H35NO4. The molecular weight excluding hydrogens is 414 g/mol. The summed E-state index contributed by atoms with van der Waals surface area (Å²) >= 11 is 0. The molecule has 1 saturated heterocycles. The van der Waals surface area contributed by atoms with E-state index >= 15 is 0 Å². The smallest absolute Gasteiger partial charge is 0.295 e. The summed E-state index contributed by atoms with van der Waals surface area (Å²) in [5.41, 5.74) is 3.21. The summed E-state index contributed by atoms with van der Waals surface area (Å²) in [4.78, 5) is 27.8. The summed E-state index contributed by atoms with van der Waals surface area (Å²) in [5, 5.41) is 11.5. The molecule has 2 aromatic rings. The summed E-state index contributed by atoms with van der Waals surface area (Å²) in [6.07, 6.45) is 0.689. The van der Waals surface area contributed by atoms with Crippen molar-refractivity contribution < 1.29 is 19.4 Å². The van der Waals surface area contributed by atoms with E-state index in [1.54, 1.807) is 4.90 Å². The molecule has 1 fully saturated rings. The lowest BCUT2D eigenvalue weighted by Gasteiger charge is -2.26. The molecule has 2 aromatic carbocycles. The SMILES string of the molecule is CCCN1C(=O)C(=O)/C(=C(/O)c2cc(C(C)(C)C)ccc2C)C1c1cccc(OC(C)C)c1. The van der Waals surface area contributed by atoms with Crippen LogP contribution in [-0.4, -0.2) is 34.3 Å². The number of aliphatic hydroxyl groups excluding tert-OH is 1. The van der Waals surface area contributed by atoms with Crippen LogP contribution >= 0.6 is 0 Å². The van der Waals surface area contributed by atoms with Crippen molar-refractivity contribution in [2.45, 2.75) is 72.4 Å². The van der Waals surface area contributed by atoms with Crippen LogP contribution in [0.4, 0.5) is 0 Å². The van der Waals surface area contributed by atoms with E-state index in [2.05, 4.69) is 20.8 Å². The zero-order valence-corrected chi connectivity index (χ0v) is 20.7. The topological polar surface area (TPSA) is 66.8 Å². The number of ether oxygens (including phenoxy) is 1. The maximum atomic E-state index is 13.2. The molecule has 0 saturated carbocycles. The van der Waals surface area contributed by atoms with Gasteiger partial charge in [0.15, 0.2) is 0 Å². The molecule has 0 aromatic heterocycles. The van der Waals surface area contributed by atoms with Crippen LogP contribution in [0, 0.1) is 6.92 Å². The van der Waals surface area contributed by atoms with Gasteiger partial charge < -0.3 is 14.7 Å². The number of amides is 1. The number of likely N-dealkylation sites (tertiary alicyclic amines) is 1. The maximum absolute atomic E-state index is 13.2. The summed E-state index contributed by atoms with van der Waals surface area (Å²) in [6, 6.07) is 12.7. The Morgan fingerprint density at radius 2 is 1.82 bits per heavy atom. The number of hydrogen-bond donors (Lipinski definition) is 1. The van der Waals surface area contributed by atoms with Gasteiger partial charge in [-0.1, -0.05) is 52.0 Å². The summed E-state index contributed by atoms with van der Waals surface area (Å²) in [5.74, 6) is -0.698. The largest absolute Gasteiger partial charge is 0.507 e. The number of carbonyl (C=O) groups is 2. The molecule has 1 amide bonds. The summed E-state index contributed by atoms with van der Waals surface area (Å²) in [6.45, 7) is 14.5. The van der Waals surface area contributed by atoms with Crippen molar-refractivity contribution in [3.05, 3.63) is 70.3 Å². The summed E-state index contributed by atoms with van der Waals surface area (Å²) in [7, 11) is 0. The lowest BCUT2D eigenvalue weighted by Crippen LogP contribution is -2.30. The van der Waals surface area contributed by atoms with E-state index in [4.69, 9.17) is 4.74 Å². The fourth-order valence-corrected chi connectivity index (χ4v) is 4.22. The molecule has 1 unspecified atom stereocenters. The second kappa shape index (κ2) is 9.42. The number of benzene rings is 2. The van der Waals surface area contributed by atoms with Crippen LogP contribution in [-0.2, 0) is 15.0 Å². The number of hydrogen-bond acceptors (Lipinski definition) is 4. The second-order valence-electron chi connectivity index (χ2n) is 10.0. The molecule has 5 nitrogen and oxygen atoms in total. The monoisotopic (exact) mass is 449 g/mol. The molecule has 0 aliphatic carbocycles. The molecule has 1 aliphatic rings. The van der Waals surface area contributed by atoms with E-state index < -0.39 is 17.7 Å². The number of carbonyl (C=O) groups excluding carboxylic acids is 2. The van der Waals surface area contributed by atoms with Crippen LogP contribution in [0.15, 0.2) is 48.0 Å². The molecule has 176 valence electrons. The number of ketones is 1. The fraction of sp³-hybridized carbons (Fsp3) is 0.429. The number of aliphatic hydroxyl groups is 1. The first-order valence-corrected chi connectivity index (χ1v) is 11.6. The van der Waals surface area contributed by atoms with Crippen LogP contribution in [0.5, 0.6) is 5.75 Å². The average Bonchev–Trinajstić information content (AvgIpc) is 2.98. The Kier molecular flexibility index (Phi) is 7.01. The van der Waals surface area contributed by atoms with Crippen molar-refractivity contribution in [1.82, 2.24) is 4.90 Å². The lowest BCUT2D eigenvalue weighted by molar-refractivity contribution is -0.139. The minimum absolute atomic E-state index is 0.00922. The molecule has 0 bridgehead atoms. The molecule has 0 spiro atoms. The van der Waals surface area contributed by atoms with Gasteiger partial charge in [-0.3, -0.25) is 9.59 Å². The highest BCUT2D eigenvalue weighted by Gasteiger charge is 2.46. The van der Waals surface area contributed by atoms with E-state index in [1.165, 1.54) is 0 Å². The Balaban J connectivity index is 2.23. The van der Waals surface area contributed by atoms with Crippen LogP contribution in [0.2, 0.25) is 0 Å². The molecule has 33 heavy (non-hydrogen) atoms. The third-order valence-electron chi connectivity index (χ3n) is 5.91. The highest BCUT2D eigenvalue weighted by atomic mass is 16.5. The van der Waals surface area contributed by atoms with Gasteiger partial charge in [0.1, 0.15) is 11.5 Å². The molecule has 1 aliphatic heterocycles. The Morgan fingerprint density at radius 1 is 1.12 bits per heavy atom. The fourth-order valence-electron chi connectivity index (χ4n) is 4.22. The predicted molar refractivity (Wildman–Crippen MR) is 131 cm³/mol. The number of rotatable bonds is 6. The molecule has 0 radical (unpaired) electrons. The average molecular weight is 450 g/mol. The molecule has 5 heteroatoms. The van der Waals surface area contributed by atoms with Gasteiger partial charge in [0.25, 0.3) is 11.7 Å². The second-order valence-corrected chi connectivity index (χ2v) is 10.0. The standard InChI is InChI=1S/C28H35NO4/c1-8-14-29-24(19-10-9-11-21(15-19)33-17(2)3)23(26(31)27(29)32)25(30)22-16-20(28(5,6)7)13-12-18(22)4/h9-13,15-17,24,30H,8,14H2,1-7H3/b25-23+. The first-order valence-electron chi connectivity index (χ1n) is 11.6. The van der Waals surface area contributed by atoms with Crippen LogP contribution in [0.1, 0.15) is 76.3 Å². The Labute approximate surface area is 197 Å². The van der Waals surface area contributed by atoms with Crippen LogP contribution < -0.4 is 4.74 Å². The number of aryl methyl sites for hydroxylation is 1. The minimum Gasteiger partial charge on any atom is -0.507 e. The van der Waals surface area contributed by atoms with Crippen molar-refractivity contribution in [3.8, 4) is 5.75 Å². The quantitative estimate of drug-likeness (QED) is 0.338. The van der Waals surface area contributed by atoms with Gasteiger partial charge in [-0.05, 0) is 67.5 Å². The summed E-state index contributed by atoms with van der Waals surface area (Å²) < 4.78 is 5.85. The minimum atomic E-state index is -0.668. The van der Waals surface area contributed by atoms with Crippen molar-refractivity contribution in [3.63, 3.8) is 0 Å². The van der Waals surface area contributed by atoms with Gasteiger partial charge in [0, 0.05) is 12.1 Å². The van der Waals surface area contributed by atoms with E-state index in [1.807, 2.05) is 70.2 Å². The first kappa shape index (κ1) is 24.6. The van der Waals surface area contributed by atoms with E-state index in [9.17, 15) is 14.7 Å². The van der Waals surface area contributed by atoms with Gasteiger partial charge >= 0.3 is 0 Å². The third-order valence-corrected chi connectivity index (χ3v) is 5.91. The zero-order chi connectivity index (χ0) is 24.5. The molecule has 1 atom stereocenters. The van der Waals surface area contributed by atoms with E-state index in [0.29, 0.717) is 24.3 Å². The first-order chi connectivity index (χ1) is 15.5. The highest BCUT2D eigenvalue weighted by molar-refractivity contribution is 6.46. The van der Waals surface area contributed by atoms with Gasteiger partial charge in [0.2, 0.25) is 0 Å². The predicted octanol–water partition coefficient (Wildman–Crippen LogP) is 5.91. The van der Waals surface area contributed by atoms with Crippen molar-refractivity contribution in [1.29, 1.82) is 0 Å². The van der Waals surface area contributed by atoms with Gasteiger partial charge in [0.05, 0.1) is 17.7 Å². The Morgan fingerprint density at radius 3 is 2.42 bits per heavy atom. The molecule has 3 rings (SSSR count). The number of Topliss-reactive ketones (excluding diaryl/α,β-unsaturated/α-hetero) is 1. The number of nitrogens with zero attached hydrogens (tertiary/aromatic N) is 1. The molecule has 1 heterocycles. The highest BCUT2D eigenvalue weighted by Crippen LogP contribution is 2.41.